The average Bonchev–Trinajstić information content (AvgIpc) is 2.50. The number of nitrogens with one attached hydrogen (secondary N) is 1. The summed E-state index contributed by atoms with van der Waals surface area (Å²) < 4.78 is 5.29. The Labute approximate surface area is 85.2 Å². The molecule has 3 nitrogen and oxygen atoms in total. The Morgan fingerprint density at radius 1 is 1.36 bits per heavy atom. The quantitative estimate of drug-likeness (QED) is 0.676. The van der Waals surface area contributed by atoms with Gasteiger partial charge in [0.25, 0.3) is 0 Å². The Balaban J connectivity index is 1.74. The predicted octanol–water partition coefficient (Wildman–Crippen LogP) is 1.18. The minimum Gasteiger partial charge on any atom is -0.460 e. The summed E-state index contributed by atoms with van der Waals surface area (Å²) in [6.45, 7) is 7.94. The van der Waals surface area contributed by atoms with E-state index in [9.17, 15) is 4.79 Å². The second-order valence-electron chi connectivity index (χ2n) is 5.44. The highest BCUT2D eigenvalue weighted by molar-refractivity contribution is 5.70. The number of rotatable bonds is 2. The van der Waals surface area contributed by atoms with Gasteiger partial charge in [-0.1, -0.05) is 0 Å². The maximum Gasteiger partial charge on any atom is 0.306 e. The lowest BCUT2D eigenvalue weighted by Gasteiger charge is -2.19. The molecular formula is C11H19NO2. The van der Waals surface area contributed by atoms with Crippen molar-refractivity contribution in [3.63, 3.8) is 0 Å². The summed E-state index contributed by atoms with van der Waals surface area (Å²) >= 11 is 0. The third-order valence-electron chi connectivity index (χ3n) is 3.09. The van der Waals surface area contributed by atoms with Crippen LogP contribution < -0.4 is 5.32 Å². The van der Waals surface area contributed by atoms with Crippen LogP contribution in [-0.2, 0) is 9.53 Å². The van der Waals surface area contributed by atoms with Crippen molar-refractivity contribution in [2.24, 2.45) is 17.8 Å². The van der Waals surface area contributed by atoms with E-state index in [1.807, 2.05) is 20.8 Å². The van der Waals surface area contributed by atoms with Crippen molar-refractivity contribution in [2.45, 2.75) is 32.8 Å². The molecule has 1 N–H and O–H groups in total. The Morgan fingerprint density at radius 3 is 2.43 bits per heavy atom. The van der Waals surface area contributed by atoms with Gasteiger partial charge in [-0.25, -0.2) is 0 Å². The summed E-state index contributed by atoms with van der Waals surface area (Å²) in [5.74, 6) is 2.08. The average molecular weight is 197 g/mol. The van der Waals surface area contributed by atoms with E-state index in [0.29, 0.717) is 12.3 Å². The van der Waals surface area contributed by atoms with Crippen molar-refractivity contribution in [1.29, 1.82) is 0 Å². The van der Waals surface area contributed by atoms with Crippen LogP contribution in [0, 0.1) is 17.8 Å². The second kappa shape index (κ2) is 3.23. The summed E-state index contributed by atoms with van der Waals surface area (Å²) in [4.78, 5) is 11.5. The van der Waals surface area contributed by atoms with Crippen molar-refractivity contribution in [1.82, 2.24) is 5.32 Å². The Bertz CT molecular complexity index is 234. The third-order valence-corrected chi connectivity index (χ3v) is 3.09. The van der Waals surface area contributed by atoms with Crippen LogP contribution in [-0.4, -0.2) is 24.7 Å². The number of hydrogen-bond acceptors (Lipinski definition) is 3. The third kappa shape index (κ3) is 2.08. The zero-order valence-electron chi connectivity index (χ0n) is 9.17. The topological polar surface area (TPSA) is 38.3 Å². The molecule has 1 heterocycles. The zero-order chi connectivity index (χ0) is 10.3. The number of hydrogen-bond donors (Lipinski definition) is 1. The molecule has 2 unspecified atom stereocenters. The van der Waals surface area contributed by atoms with Gasteiger partial charge in [0.15, 0.2) is 0 Å². The SMILES string of the molecule is CC(C)(C)OC(=O)CC1C2CNCC21. The molecule has 2 rings (SSSR count). The smallest absolute Gasteiger partial charge is 0.306 e. The maximum atomic E-state index is 11.5. The van der Waals surface area contributed by atoms with Crippen LogP contribution in [0.2, 0.25) is 0 Å². The fraction of sp³-hybridized carbons (Fsp3) is 0.909. The van der Waals surface area contributed by atoms with E-state index in [2.05, 4.69) is 5.32 Å². The first-order chi connectivity index (χ1) is 6.47. The summed E-state index contributed by atoms with van der Waals surface area (Å²) in [7, 11) is 0. The molecule has 0 radical (unpaired) electrons. The fourth-order valence-corrected chi connectivity index (χ4v) is 2.42. The van der Waals surface area contributed by atoms with Gasteiger partial charge in [0.05, 0.1) is 0 Å². The number of carbonyl (C=O) groups excluding carboxylic acids is 1. The Hall–Kier alpha value is -0.570. The van der Waals surface area contributed by atoms with Crippen LogP contribution in [0.3, 0.4) is 0 Å². The molecule has 2 fully saturated rings. The van der Waals surface area contributed by atoms with Crippen LogP contribution in [0.25, 0.3) is 0 Å². The Kier molecular flexibility index (Phi) is 2.30. The largest absolute Gasteiger partial charge is 0.460 e. The van der Waals surface area contributed by atoms with Gasteiger partial charge in [0.2, 0.25) is 0 Å². The molecule has 1 saturated carbocycles. The fourth-order valence-electron chi connectivity index (χ4n) is 2.42. The van der Waals surface area contributed by atoms with Gasteiger partial charge >= 0.3 is 5.97 Å². The van der Waals surface area contributed by atoms with Gasteiger partial charge in [0.1, 0.15) is 5.60 Å². The maximum absolute atomic E-state index is 11.5. The molecule has 1 aliphatic carbocycles. The molecule has 2 aliphatic rings. The molecule has 0 amide bonds. The van der Waals surface area contributed by atoms with Crippen LogP contribution >= 0.6 is 0 Å². The van der Waals surface area contributed by atoms with Gasteiger partial charge in [0, 0.05) is 6.42 Å². The molecule has 2 atom stereocenters. The number of ether oxygens (including phenoxy) is 1. The van der Waals surface area contributed by atoms with Gasteiger partial charge in [-0.2, -0.15) is 0 Å². The molecule has 0 aromatic heterocycles. The van der Waals surface area contributed by atoms with E-state index >= 15 is 0 Å². The minimum atomic E-state index is -0.334. The van der Waals surface area contributed by atoms with E-state index in [-0.39, 0.29) is 11.6 Å². The lowest BCUT2D eigenvalue weighted by Crippen LogP contribution is -2.25. The number of carbonyl (C=O) groups is 1. The monoisotopic (exact) mass is 197 g/mol. The van der Waals surface area contributed by atoms with Gasteiger partial charge in [-0.15, -0.1) is 0 Å². The lowest BCUT2D eigenvalue weighted by atomic mass is 10.1. The van der Waals surface area contributed by atoms with Crippen molar-refractivity contribution in [3.8, 4) is 0 Å². The number of fused-ring (bicyclic) bond motifs is 1. The van der Waals surface area contributed by atoms with Gasteiger partial charge in [-0.3, -0.25) is 4.79 Å². The lowest BCUT2D eigenvalue weighted by molar-refractivity contribution is -0.155. The van der Waals surface area contributed by atoms with Crippen molar-refractivity contribution in [2.75, 3.05) is 13.1 Å². The van der Waals surface area contributed by atoms with E-state index in [0.717, 1.165) is 24.9 Å². The summed E-state index contributed by atoms with van der Waals surface area (Å²) in [6, 6.07) is 0. The van der Waals surface area contributed by atoms with Gasteiger partial charge < -0.3 is 10.1 Å². The summed E-state index contributed by atoms with van der Waals surface area (Å²) in [5.41, 5.74) is -0.334. The molecule has 0 bridgehead atoms. The first-order valence-corrected chi connectivity index (χ1v) is 5.40. The first-order valence-electron chi connectivity index (χ1n) is 5.40. The summed E-state index contributed by atoms with van der Waals surface area (Å²) in [5, 5.41) is 3.32. The standard InChI is InChI=1S/C11H19NO2/c1-11(2,3)14-10(13)4-7-8-5-12-6-9(7)8/h7-9,12H,4-6H2,1-3H3. The summed E-state index contributed by atoms with van der Waals surface area (Å²) in [6.07, 6.45) is 0.619. The molecule has 3 heteroatoms. The molecule has 0 spiro atoms. The van der Waals surface area contributed by atoms with Gasteiger partial charge in [-0.05, 0) is 51.6 Å². The number of piperidine rings is 1. The molecule has 14 heavy (non-hydrogen) atoms. The van der Waals surface area contributed by atoms with E-state index in [4.69, 9.17) is 4.74 Å². The highest BCUT2D eigenvalue weighted by Crippen LogP contribution is 2.50. The highest BCUT2D eigenvalue weighted by atomic mass is 16.6. The minimum absolute atomic E-state index is 0.0306. The first kappa shape index (κ1) is 9.97. The molecule has 1 saturated heterocycles. The van der Waals surface area contributed by atoms with Crippen molar-refractivity contribution < 1.29 is 9.53 Å². The zero-order valence-corrected chi connectivity index (χ0v) is 9.17. The van der Waals surface area contributed by atoms with Crippen LogP contribution in [0.1, 0.15) is 27.2 Å². The van der Waals surface area contributed by atoms with Crippen LogP contribution in [0.4, 0.5) is 0 Å². The van der Waals surface area contributed by atoms with Crippen LogP contribution in [0.15, 0.2) is 0 Å². The normalized spacial score (nSPS) is 35.2. The molecular weight excluding hydrogens is 178 g/mol. The van der Waals surface area contributed by atoms with E-state index in [1.54, 1.807) is 0 Å². The molecule has 0 aromatic rings. The second-order valence-corrected chi connectivity index (χ2v) is 5.44. The van der Waals surface area contributed by atoms with Crippen molar-refractivity contribution >= 4 is 5.97 Å². The van der Waals surface area contributed by atoms with E-state index < -0.39 is 0 Å². The number of esters is 1. The van der Waals surface area contributed by atoms with Crippen molar-refractivity contribution in [3.05, 3.63) is 0 Å². The molecule has 80 valence electrons. The van der Waals surface area contributed by atoms with E-state index in [1.165, 1.54) is 0 Å². The molecule has 1 aliphatic heterocycles. The highest BCUT2D eigenvalue weighted by Gasteiger charge is 2.53. The molecule has 0 aromatic carbocycles. The van der Waals surface area contributed by atoms with Crippen LogP contribution in [0.5, 0.6) is 0 Å². The Morgan fingerprint density at radius 2 is 1.93 bits per heavy atom. The predicted molar refractivity (Wildman–Crippen MR) is 53.8 cm³/mol.